The molecule has 0 bridgehead atoms. The van der Waals surface area contributed by atoms with Crippen LogP contribution in [0.15, 0.2) is 12.4 Å². The van der Waals surface area contributed by atoms with Gasteiger partial charge in [-0.25, -0.2) is 9.97 Å². The maximum Gasteiger partial charge on any atom is 0.464 e. The third kappa shape index (κ3) is 4.05. The van der Waals surface area contributed by atoms with Crippen LogP contribution in [0.5, 0.6) is 0 Å². The molecule has 1 aromatic rings. The predicted octanol–water partition coefficient (Wildman–Crippen LogP) is 1.09. The van der Waals surface area contributed by atoms with Crippen molar-refractivity contribution < 1.29 is 21.7 Å². The van der Waals surface area contributed by atoms with E-state index in [2.05, 4.69) is 9.97 Å². The average Bonchev–Trinajstić information content (AvgIpc) is 2.34. The number of nitrogens with zero attached hydrogens (tertiary/aromatic N) is 4. The molecule has 9 heteroatoms. The van der Waals surface area contributed by atoms with Gasteiger partial charge in [0.15, 0.2) is 5.26 Å². The van der Waals surface area contributed by atoms with Gasteiger partial charge in [0.25, 0.3) is 0 Å². The van der Waals surface area contributed by atoms with Crippen LogP contribution < -0.4 is 0 Å². The van der Waals surface area contributed by atoms with E-state index in [4.69, 9.17) is 5.26 Å². The van der Waals surface area contributed by atoms with Crippen LogP contribution >= 0.6 is 0 Å². The lowest BCUT2D eigenvalue weighted by atomic mass is 10.3. The molecule has 0 aromatic carbocycles. The minimum atomic E-state index is -4.57. The fraction of sp³-hybridized carbons (Fsp3) is 0.444. The Morgan fingerprint density at radius 1 is 1.44 bits per heavy atom. The summed E-state index contributed by atoms with van der Waals surface area (Å²) in [4.78, 5) is 6.36. The minimum Gasteiger partial charge on any atom is -0.772 e. The summed E-state index contributed by atoms with van der Waals surface area (Å²) in [6.07, 6.45) is -0.569. The number of halogens is 3. The monoisotopic (exact) mass is 278 g/mol. The Hall–Kier alpha value is -1.53. The maximum atomic E-state index is 12.2. The summed E-state index contributed by atoms with van der Waals surface area (Å²) in [5.74, 6) is -1.08. The van der Waals surface area contributed by atoms with E-state index in [9.17, 15) is 17.7 Å². The zero-order chi connectivity index (χ0) is 13.8. The van der Waals surface area contributed by atoms with E-state index in [1.165, 1.54) is 7.05 Å². The van der Waals surface area contributed by atoms with Crippen LogP contribution in [0, 0.1) is 11.5 Å². The Labute approximate surface area is 104 Å². The molecule has 0 radical (unpaired) electrons. The molecule has 0 fully saturated rings. The third-order valence-corrected chi connectivity index (χ3v) is 3.22. The molecular formula is C9H9F3N4OS. The Bertz CT molecular complexity index is 492. The lowest BCUT2D eigenvalue weighted by molar-refractivity contribution is -0.379. The van der Waals surface area contributed by atoms with Gasteiger partial charge in [0.2, 0.25) is 5.82 Å². The normalized spacial score (nSPS) is 13.9. The molecule has 0 aliphatic heterocycles. The lowest BCUT2D eigenvalue weighted by Gasteiger charge is -2.10. The summed E-state index contributed by atoms with van der Waals surface area (Å²) in [6, 6.07) is 0. The second-order valence-electron chi connectivity index (χ2n) is 3.29. The Morgan fingerprint density at radius 2 is 2.00 bits per heavy atom. The van der Waals surface area contributed by atoms with Crippen molar-refractivity contribution in [2.24, 2.45) is 0 Å². The lowest BCUT2D eigenvalue weighted by Crippen LogP contribution is -2.13. The molecule has 0 aliphatic carbocycles. The highest BCUT2D eigenvalue weighted by Gasteiger charge is 2.34. The molecule has 0 aliphatic rings. The van der Waals surface area contributed by atoms with Gasteiger partial charge < -0.3 is 4.55 Å². The van der Waals surface area contributed by atoms with Crippen LogP contribution in [0.25, 0.3) is 0 Å². The summed E-state index contributed by atoms with van der Waals surface area (Å²) < 4.78 is 48.8. The summed E-state index contributed by atoms with van der Waals surface area (Å²) in [5.41, 5.74) is 0.433. The summed E-state index contributed by atoms with van der Waals surface area (Å²) in [6.45, 7) is 0. The second-order valence-corrected chi connectivity index (χ2v) is 4.88. The summed E-state index contributed by atoms with van der Waals surface area (Å²) in [7, 11) is -0.133. The van der Waals surface area contributed by atoms with Crippen molar-refractivity contribution in [3.8, 4) is 6.19 Å². The highest BCUT2D eigenvalue weighted by Crippen LogP contribution is 2.25. The number of hydrogen-bond donors (Lipinski definition) is 0. The van der Waals surface area contributed by atoms with Gasteiger partial charge >= 0.3 is 12.4 Å². The fourth-order valence-electron chi connectivity index (χ4n) is 1.02. The second kappa shape index (κ2) is 5.88. The van der Waals surface area contributed by atoms with Crippen molar-refractivity contribution in [3.63, 3.8) is 0 Å². The van der Waals surface area contributed by atoms with E-state index in [0.717, 1.165) is 16.3 Å². The average molecular weight is 278 g/mol. The van der Waals surface area contributed by atoms with Crippen LogP contribution in [-0.2, 0) is 23.6 Å². The van der Waals surface area contributed by atoms with Crippen molar-refractivity contribution >= 4 is 11.0 Å². The van der Waals surface area contributed by atoms with Gasteiger partial charge in [-0.05, 0) is 12.0 Å². The van der Waals surface area contributed by atoms with Crippen molar-refractivity contribution in [2.75, 3.05) is 12.8 Å². The van der Waals surface area contributed by atoms with Crippen molar-refractivity contribution in [3.05, 3.63) is 23.8 Å². The maximum absolute atomic E-state index is 12.2. The first-order valence-corrected chi connectivity index (χ1v) is 6.02. The molecule has 5 nitrogen and oxygen atoms in total. The van der Waals surface area contributed by atoms with Crippen LogP contribution in [0.4, 0.5) is 13.2 Å². The molecule has 0 saturated carbocycles. The number of rotatable bonds is 3. The Balaban J connectivity index is 2.69. The van der Waals surface area contributed by atoms with Gasteiger partial charge in [-0.2, -0.15) is 17.1 Å². The quantitative estimate of drug-likeness (QED) is 0.471. The minimum absolute atomic E-state index is 0.124. The SMILES string of the molecule is C[N+](C#N)=S([O-])CCc1cnc(C(F)(F)F)nc1. The molecule has 0 saturated heterocycles. The molecular weight excluding hydrogens is 269 g/mol. The van der Waals surface area contributed by atoms with E-state index in [1.807, 2.05) is 0 Å². The van der Waals surface area contributed by atoms with Gasteiger partial charge in [-0.15, -0.1) is 0 Å². The van der Waals surface area contributed by atoms with Gasteiger partial charge in [-0.1, -0.05) is 11.0 Å². The number of nitriles is 1. The van der Waals surface area contributed by atoms with Gasteiger partial charge in [0.1, 0.15) is 0 Å². The van der Waals surface area contributed by atoms with Crippen LogP contribution in [0.1, 0.15) is 11.4 Å². The summed E-state index contributed by atoms with van der Waals surface area (Å²) in [5, 5.41) is 8.46. The first kappa shape index (κ1) is 14.5. The highest BCUT2D eigenvalue weighted by molar-refractivity contribution is 7.79. The van der Waals surface area contributed by atoms with Crippen molar-refractivity contribution in [2.45, 2.75) is 12.6 Å². The number of alkyl halides is 3. The van der Waals surface area contributed by atoms with Gasteiger partial charge in [0, 0.05) is 18.1 Å². The topological polar surface area (TPSA) is 75.6 Å². The largest absolute Gasteiger partial charge is 0.772 e. The highest BCUT2D eigenvalue weighted by atomic mass is 32.2. The predicted molar refractivity (Wildman–Crippen MR) is 55.5 cm³/mol. The number of aryl methyl sites for hydroxylation is 1. The molecule has 18 heavy (non-hydrogen) atoms. The van der Waals surface area contributed by atoms with Gasteiger partial charge in [0.05, 0.1) is 7.05 Å². The van der Waals surface area contributed by atoms with Crippen LogP contribution in [0.3, 0.4) is 0 Å². The van der Waals surface area contributed by atoms with E-state index < -0.39 is 23.0 Å². The van der Waals surface area contributed by atoms with Crippen LogP contribution in [-0.4, -0.2) is 31.3 Å². The molecule has 0 N–H and O–H groups in total. The van der Waals surface area contributed by atoms with E-state index in [-0.39, 0.29) is 12.2 Å². The Kier molecular flexibility index (Phi) is 4.75. The molecule has 0 amide bonds. The fourth-order valence-corrected chi connectivity index (χ4v) is 1.79. The van der Waals surface area contributed by atoms with Crippen molar-refractivity contribution in [1.82, 2.24) is 9.97 Å². The van der Waals surface area contributed by atoms with Gasteiger partial charge in [-0.3, -0.25) is 0 Å². The molecule has 0 spiro atoms. The molecule has 1 heterocycles. The molecule has 1 aromatic heterocycles. The van der Waals surface area contributed by atoms with Crippen molar-refractivity contribution in [1.29, 1.82) is 5.26 Å². The smallest absolute Gasteiger partial charge is 0.464 e. The third-order valence-electron chi connectivity index (χ3n) is 1.97. The first-order chi connectivity index (χ1) is 8.34. The van der Waals surface area contributed by atoms with E-state index >= 15 is 0 Å². The zero-order valence-electron chi connectivity index (χ0n) is 9.31. The summed E-state index contributed by atoms with van der Waals surface area (Å²) >= 11 is 0. The molecule has 1 atom stereocenters. The number of hydrogen-bond acceptors (Lipinski definition) is 4. The van der Waals surface area contributed by atoms with Crippen LogP contribution in [0.2, 0.25) is 0 Å². The molecule has 98 valence electrons. The van der Waals surface area contributed by atoms with E-state index in [0.29, 0.717) is 5.56 Å². The standard InChI is InChI=1S/C9H9F3N4OS/c1-16(6-13)18(17)3-2-7-4-14-8(15-5-7)9(10,11)12/h4-5H,2-3H2,1H3. The molecule has 1 rings (SSSR count). The Morgan fingerprint density at radius 3 is 2.44 bits per heavy atom. The first-order valence-electron chi connectivity index (χ1n) is 4.74. The number of aromatic nitrogens is 2. The van der Waals surface area contributed by atoms with E-state index in [1.54, 1.807) is 6.19 Å². The molecule has 1 unspecified atom stereocenters. The zero-order valence-corrected chi connectivity index (χ0v) is 10.1.